The fourth-order valence-corrected chi connectivity index (χ4v) is 2.47. The van der Waals surface area contributed by atoms with E-state index in [-0.39, 0.29) is 0 Å². The smallest absolute Gasteiger partial charge is 0.302 e. The second-order valence-corrected chi connectivity index (χ2v) is 5.09. The lowest BCUT2D eigenvalue weighted by molar-refractivity contribution is -0.266. The molecule has 0 aromatic heterocycles. The number of nitrogens with two attached hydrogens (primary N) is 1. The van der Waals surface area contributed by atoms with Crippen LogP contribution in [0.4, 0.5) is 0 Å². The Hall–Kier alpha value is -0.330. The van der Waals surface area contributed by atoms with Crippen LogP contribution in [0.3, 0.4) is 0 Å². The minimum atomic E-state index is -5.29. The Morgan fingerprint density at radius 2 is 1.94 bits per heavy atom. The van der Waals surface area contributed by atoms with Crippen molar-refractivity contribution in [1.82, 2.24) is 0 Å². The Bertz CT molecular complexity index is 367. The van der Waals surface area contributed by atoms with Crippen molar-refractivity contribution in [1.29, 1.82) is 0 Å². The summed E-state index contributed by atoms with van der Waals surface area (Å²) < 4.78 is 35.4. The van der Waals surface area contributed by atoms with Gasteiger partial charge in [-0.05, 0) is 0 Å². The Morgan fingerprint density at radius 3 is 2.31 bits per heavy atom. The van der Waals surface area contributed by atoms with Gasteiger partial charge >= 0.3 is 10.1 Å². The maximum absolute atomic E-state index is 11.0. The summed E-state index contributed by atoms with van der Waals surface area (Å²) >= 11 is 0. The molecule has 10 heteroatoms. The SMILES string of the molecule is N[C@@]1(O)[C@@H](CO)OC[C@H](O)[C@]1(O)S(=O)(=O)O. The van der Waals surface area contributed by atoms with E-state index in [1.165, 1.54) is 0 Å². The molecule has 1 aliphatic rings. The number of aliphatic hydroxyl groups is 4. The number of aliphatic hydroxyl groups excluding tert-OH is 2. The minimum Gasteiger partial charge on any atom is -0.393 e. The molecule has 4 atom stereocenters. The molecule has 0 bridgehead atoms. The lowest BCUT2D eigenvalue weighted by atomic mass is 9.93. The molecule has 16 heavy (non-hydrogen) atoms. The van der Waals surface area contributed by atoms with Crippen LogP contribution >= 0.6 is 0 Å². The number of hydrogen-bond acceptors (Lipinski definition) is 8. The highest BCUT2D eigenvalue weighted by atomic mass is 32.2. The molecule has 1 fully saturated rings. The molecular formula is C6H13NO8S. The zero-order chi connectivity index (χ0) is 12.8. The maximum atomic E-state index is 11.0. The first-order chi connectivity index (χ1) is 7.09. The number of rotatable bonds is 2. The van der Waals surface area contributed by atoms with Crippen LogP contribution in [0, 0.1) is 0 Å². The predicted molar refractivity (Wildman–Crippen MR) is 48.5 cm³/mol. The fourth-order valence-electron chi connectivity index (χ4n) is 1.52. The van der Waals surface area contributed by atoms with Crippen molar-refractivity contribution in [2.45, 2.75) is 22.9 Å². The summed E-state index contributed by atoms with van der Waals surface area (Å²) in [5, 5.41) is 37.3. The summed E-state index contributed by atoms with van der Waals surface area (Å²) in [5.41, 5.74) is 2.06. The molecule has 1 heterocycles. The van der Waals surface area contributed by atoms with Gasteiger partial charge < -0.3 is 25.2 Å². The molecule has 0 aliphatic carbocycles. The molecule has 0 aromatic carbocycles. The molecule has 0 unspecified atom stereocenters. The van der Waals surface area contributed by atoms with Crippen molar-refractivity contribution in [2.24, 2.45) is 5.73 Å². The molecule has 1 aliphatic heterocycles. The van der Waals surface area contributed by atoms with Crippen LogP contribution in [-0.4, -0.2) is 69.5 Å². The second kappa shape index (κ2) is 3.85. The van der Waals surface area contributed by atoms with E-state index in [0.29, 0.717) is 0 Å². The monoisotopic (exact) mass is 259 g/mol. The van der Waals surface area contributed by atoms with Crippen molar-refractivity contribution in [3.05, 3.63) is 0 Å². The minimum absolute atomic E-state index is 0.721. The zero-order valence-electron chi connectivity index (χ0n) is 8.02. The lowest BCUT2D eigenvalue weighted by Gasteiger charge is -2.47. The van der Waals surface area contributed by atoms with Gasteiger partial charge in [0.25, 0.3) is 4.93 Å². The van der Waals surface area contributed by atoms with E-state index in [1.54, 1.807) is 0 Å². The van der Waals surface area contributed by atoms with Crippen LogP contribution in [-0.2, 0) is 14.9 Å². The summed E-state index contributed by atoms with van der Waals surface area (Å²) in [7, 11) is -5.29. The van der Waals surface area contributed by atoms with E-state index in [9.17, 15) is 23.7 Å². The van der Waals surface area contributed by atoms with E-state index >= 15 is 0 Å². The van der Waals surface area contributed by atoms with Crippen molar-refractivity contribution in [3.63, 3.8) is 0 Å². The topological polar surface area (TPSA) is 171 Å². The van der Waals surface area contributed by atoms with E-state index in [4.69, 9.17) is 15.4 Å². The van der Waals surface area contributed by atoms with Crippen LogP contribution in [0.25, 0.3) is 0 Å². The molecular weight excluding hydrogens is 246 g/mol. The van der Waals surface area contributed by atoms with Crippen molar-refractivity contribution >= 4 is 10.1 Å². The molecule has 0 aromatic rings. The van der Waals surface area contributed by atoms with Gasteiger partial charge in [0.2, 0.25) is 0 Å². The molecule has 0 spiro atoms. The normalized spacial score (nSPS) is 45.6. The van der Waals surface area contributed by atoms with E-state index in [2.05, 4.69) is 4.74 Å². The van der Waals surface area contributed by atoms with Crippen molar-refractivity contribution in [2.75, 3.05) is 13.2 Å². The highest BCUT2D eigenvalue weighted by Gasteiger charge is 2.67. The van der Waals surface area contributed by atoms with E-state index in [0.717, 1.165) is 0 Å². The first-order valence-electron chi connectivity index (χ1n) is 4.20. The van der Waals surface area contributed by atoms with Crippen LogP contribution in [0.1, 0.15) is 0 Å². The van der Waals surface area contributed by atoms with E-state index in [1.807, 2.05) is 0 Å². The van der Waals surface area contributed by atoms with Crippen LogP contribution in [0.15, 0.2) is 0 Å². The van der Waals surface area contributed by atoms with Gasteiger partial charge in [0.1, 0.15) is 12.2 Å². The highest BCUT2D eigenvalue weighted by molar-refractivity contribution is 7.87. The van der Waals surface area contributed by atoms with E-state index < -0.39 is 46.2 Å². The number of ether oxygens (including phenoxy) is 1. The largest absolute Gasteiger partial charge is 0.393 e. The Balaban J connectivity index is 3.32. The summed E-state index contributed by atoms with van der Waals surface area (Å²) in [6, 6.07) is 0. The third kappa shape index (κ3) is 1.63. The molecule has 0 saturated carbocycles. The first kappa shape index (κ1) is 13.7. The molecule has 0 amide bonds. The average molecular weight is 259 g/mol. The predicted octanol–water partition coefficient (Wildman–Crippen LogP) is -4.04. The van der Waals surface area contributed by atoms with Gasteiger partial charge in [0, 0.05) is 0 Å². The highest BCUT2D eigenvalue weighted by Crippen LogP contribution is 2.35. The maximum Gasteiger partial charge on any atom is 0.302 e. The zero-order valence-corrected chi connectivity index (χ0v) is 8.83. The summed E-state index contributed by atoms with van der Waals surface area (Å²) in [4.78, 5) is -3.42. The summed E-state index contributed by atoms with van der Waals surface area (Å²) in [6.07, 6.45) is -3.82. The fraction of sp³-hybridized carbons (Fsp3) is 1.00. The van der Waals surface area contributed by atoms with Gasteiger partial charge in [-0.2, -0.15) is 8.42 Å². The van der Waals surface area contributed by atoms with Gasteiger partial charge in [-0.3, -0.25) is 10.3 Å². The second-order valence-electron chi connectivity index (χ2n) is 3.52. The molecule has 1 rings (SSSR count). The Labute approximate surface area is 90.8 Å². The van der Waals surface area contributed by atoms with Gasteiger partial charge in [-0.25, -0.2) is 0 Å². The molecule has 7 N–H and O–H groups in total. The van der Waals surface area contributed by atoms with Crippen molar-refractivity contribution < 1.29 is 38.1 Å². The van der Waals surface area contributed by atoms with Crippen LogP contribution in [0.2, 0.25) is 0 Å². The first-order valence-corrected chi connectivity index (χ1v) is 5.64. The average Bonchev–Trinajstić information content (AvgIpc) is 2.12. The van der Waals surface area contributed by atoms with Crippen molar-refractivity contribution in [3.8, 4) is 0 Å². The van der Waals surface area contributed by atoms with Gasteiger partial charge in [-0.1, -0.05) is 0 Å². The third-order valence-corrected chi connectivity index (χ3v) is 3.92. The summed E-state index contributed by atoms with van der Waals surface area (Å²) in [5.74, 6) is 0. The summed E-state index contributed by atoms with van der Waals surface area (Å²) in [6.45, 7) is -1.63. The van der Waals surface area contributed by atoms with Gasteiger partial charge in [0.15, 0.2) is 5.72 Å². The molecule has 0 radical (unpaired) electrons. The quantitative estimate of drug-likeness (QED) is 0.213. The lowest BCUT2D eigenvalue weighted by Crippen LogP contribution is -2.79. The Morgan fingerprint density at radius 1 is 1.44 bits per heavy atom. The standard InChI is InChI=1S/C6H13NO8S/c7-5(10)4(1-8)15-2-3(9)6(5,11)16(12,13)14/h3-4,8-11H,1-2,7H2,(H,12,13,14)/t3-,4+,5+,6-/m0/s1. The van der Waals surface area contributed by atoms with Gasteiger partial charge in [-0.15, -0.1) is 0 Å². The molecule has 96 valence electrons. The van der Waals surface area contributed by atoms with Gasteiger partial charge in [0.05, 0.1) is 13.2 Å². The van der Waals surface area contributed by atoms with Crippen LogP contribution in [0.5, 0.6) is 0 Å². The van der Waals surface area contributed by atoms with Crippen LogP contribution < -0.4 is 5.73 Å². The molecule has 9 nitrogen and oxygen atoms in total. The Kier molecular flexibility index (Phi) is 3.31. The number of hydrogen-bond donors (Lipinski definition) is 6. The molecule has 1 saturated heterocycles. The third-order valence-electron chi connectivity index (χ3n) is 2.53.